The van der Waals surface area contributed by atoms with Crippen molar-refractivity contribution in [1.29, 1.82) is 0 Å². The Balaban J connectivity index is 2.10. The Hall–Kier alpha value is -2.62. The van der Waals surface area contributed by atoms with Crippen LogP contribution in [-0.4, -0.2) is 31.2 Å². The lowest BCUT2D eigenvalue weighted by atomic mass is 10.3. The number of rotatable bonds is 5. The number of fused-ring (bicyclic) bond motifs is 1. The highest BCUT2D eigenvalue weighted by Crippen LogP contribution is 2.34. The Kier molecular flexibility index (Phi) is 5.59. The second kappa shape index (κ2) is 7.78. The Morgan fingerprint density at radius 1 is 1.21 bits per heavy atom. The largest absolute Gasteiger partial charge is 0.433 e. The topological polar surface area (TPSA) is 72.7 Å². The van der Waals surface area contributed by atoms with Crippen LogP contribution >= 0.6 is 11.8 Å². The predicted molar refractivity (Wildman–Crippen MR) is 102 cm³/mol. The van der Waals surface area contributed by atoms with Crippen LogP contribution in [0.25, 0.3) is 22.6 Å². The number of nitrogens with zero attached hydrogens (tertiary/aromatic N) is 4. The fourth-order valence-electron chi connectivity index (χ4n) is 2.65. The number of amides is 1. The first-order valence-corrected chi connectivity index (χ1v) is 9.55. The lowest BCUT2D eigenvalue weighted by Gasteiger charge is -2.10. The van der Waals surface area contributed by atoms with Crippen LogP contribution in [0.4, 0.5) is 18.9 Å². The van der Waals surface area contributed by atoms with E-state index in [1.54, 1.807) is 24.6 Å². The molecule has 3 aromatic rings. The molecule has 0 spiro atoms. The summed E-state index contributed by atoms with van der Waals surface area (Å²) in [5, 5.41) is 2.76. The number of nitrogens with one attached hydrogen (secondary N) is 1. The molecule has 0 bridgehead atoms. The van der Waals surface area contributed by atoms with Crippen LogP contribution in [0.1, 0.15) is 26.0 Å². The maximum absolute atomic E-state index is 12.9. The first kappa shape index (κ1) is 20.1. The molecule has 0 saturated carbocycles. The van der Waals surface area contributed by atoms with Crippen LogP contribution in [0.3, 0.4) is 0 Å². The fourth-order valence-corrected chi connectivity index (χ4v) is 3.45. The van der Waals surface area contributed by atoms with Gasteiger partial charge in [0.2, 0.25) is 5.91 Å². The zero-order valence-electron chi connectivity index (χ0n) is 15.5. The molecule has 6 nitrogen and oxygen atoms in total. The Morgan fingerprint density at radius 3 is 2.61 bits per heavy atom. The third-order valence-electron chi connectivity index (χ3n) is 4.03. The van der Waals surface area contributed by atoms with Crippen LogP contribution in [0.5, 0.6) is 0 Å². The second-order valence-corrected chi connectivity index (χ2v) is 7.26. The zero-order valence-corrected chi connectivity index (χ0v) is 16.3. The average Bonchev–Trinajstić information content (AvgIpc) is 2.97. The molecule has 0 unspecified atom stereocenters. The zero-order chi connectivity index (χ0) is 20.5. The highest BCUT2D eigenvalue weighted by molar-refractivity contribution is 7.99. The van der Waals surface area contributed by atoms with Crippen molar-refractivity contribution in [2.75, 3.05) is 11.1 Å². The number of hydrogen-bond donors (Lipinski definition) is 1. The molecule has 0 saturated heterocycles. The third kappa shape index (κ3) is 3.96. The Morgan fingerprint density at radius 2 is 1.96 bits per heavy atom. The number of hydrogen-bond acceptors (Lipinski definition) is 5. The van der Waals surface area contributed by atoms with Crippen molar-refractivity contribution in [3.8, 4) is 11.5 Å². The van der Waals surface area contributed by atoms with Crippen molar-refractivity contribution in [3.63, 3.8) is 0 Å². The van der Waals surface area contributed by atoms with E-state index < -0.39 is 11.9 Å². The molecule has 3 rings (SSSR count). The van der Waals surface area contributed by atoms with Crippen molar-refractivity contribution < 1.29 is 18.0 Å². The van der Waals surface area contributed by atoms with E-state index in [0.717, 1.165) is 22.9 Å². The van der Waals surface area contributed by atoms with E-state index in [2.05, 4.69) is 20.3 Å². The normalized spacial score (nSPS) is 11.8. The van der Waals surface area contributed by atoms with Gasteiger partial charge >= 0.3 is 6.18 Å². The van der Waals surface area contributed by atoms with Crippen LogP contribution < -0.4 is 5.32 Å². The maximum Gasteiger partial charge on any atom is 0.433 e. The van der Waals surface area contributed by atoms with Crippen LogP contribution in [0, 0.1) is 0 Å². The monoisotopic (exact) mass is 409 g/mol. The first-order chi connectivity index (χ1) is 13.2. The van der Waals surface area contributed by atoms with Crippen LogP contribution in [-0.2, 0) is 18.0 Å². The van der Waals surface area contributed by atoms with Crippen molar-refractivity contribution in [1.82, 2.24) is 19.5 Å². The molecule has 0 fully saturated rings. The molecule has 10 heteroatoms. The summed E-state index contributed by atoms with van der Waals surface area (Å²) in [6.45, 7) is 3.72. The summed E-state index contributed by atoms with van der Waals surface area (Å²) in [5.41, 5.74) is 0.774. The van der Waals surface area contributed by atoms with E-state index in [1.807, 2.05) is 6.92 Å². The summed E-state index contributed by atoms with van der Waals surface area (Å²) in [6, 6.07) is 2.73. The van der Waals surface area contributed by atoms with Gasteiger partial charge in [-0.1, -0.05) is 13.8 Å². The van der Waals surface area contributed by atoms with Gasteiger partial charge < -0.3 is 9.88 Å². The van der Waals surface area contributed by atoms with Gasteiger partial charge in [0.25, 0.3) is 0 Å². The van der Waals surface area contributed by atoms with Crippen LogP contribution in [0.15, 0.2) is 29.4 Å². The van der Waals surface area contributed by atoms with E-state index in [1.165, 1.54) is 18.0 Å². The minimum Gasteiger partial charge on any atom is -0.325 e. The number of carbonyl (C=O) groups is 1. The first-order valence-electron chi connectivity index (χ1n) is 8.57. The van der Waals surface area contributed by atoms with Crippen LogP contribution in [0.2, 0.25) is 0 Å². The van der Waals surface area contributed by atoms with Gasteiger partial charge in [-0.2, -0.15) is 13.2 Å². The molecule has 0 aromatic carbocycles. The van der Waals surface area contributed by atoms with Gasteiger partial charge in [0.05, 0.1) is 29.1 Å². The standard InChI is InChI=1S/C18H18F3N5OS/c1-4-15(27)24-10-6-13(28-5-2)16(23-8-10)17-25-11-7-14(18(19,20)21)22-9-12(11)26(17)3/h6-9H,4-5H2,1-3H3,(H,24,27). The van der Waals surface area contributed by atoms with E-state index in [9.17, 15) is 18.0 Å². The Labute approximate surface area is 163 Å². The molecule has 0 aliphatic rings. The smallest absolute Gasteiger partial charge is 0.325 e. The number of anilines is 1. The fraction of sp³-hybridized carbons (Fsp3) is 0.333. The average molecular weight is 409 g/mol. The van der Waals surface area contributed by atoms with Crippen molar-refractivity contribution in [3.05, 3.63) is 30.2 Å². The number of thioether (sulfide) groups is 1. The molecule has 3 aromatic heterocycles. The van der Waals surface area contributed by atoms with Gasteiger partial charge in [0.1, 0.15) is 11.4 Å². The number of aromatic nitrogens is 4. The SMILES string of the molecule is CCSc1cc(NC(=O)CC)cnc1-c1nc2cc(C(F)(F)F)ncc2n1C. The van der Waals surface area contributed by atoms with E-state index in [-0.39, 0.29) is 11.4 Å². The van der Waals surface area contributed by atoms with Gasteiger partial charge in [-0.25, -0.2) is 15.0 Å². The summed E-state index contributed by atoms with van der Waals surface area (Å²) in [6.07, 6.45) is -1.51. The van der Waals surface area contributed by atoms with Gasteiger partial charge in [0, 0.05) is 18.4 Å². The van der Waals surface area contributed by atoms with Crippen molar-refractivity contribution in [2.45, 2.75) is 31.3 Å². The number of alkyl halides is 3. The van der Waals surface area contributed by atoms with E-state index in [0.29, 0.717) is 29.1 Å². The third-order valence-corrected chi connectivity index (χ3v) is 4.94. The van der Waals surface area contributed by atoms with Gasteiger partial charge in [-0.05, 0) is 17.9 Å². The van der Waals surface area contributed by atoms with Crippen molar-refractivity contribution in [2.24, 2.45) is 7.05 Å². The second-order valence-electron chi connectivity index (χ2n) is 5.96. The summed E-state index contributed by atoms with van der Waals surface area (Å²) in [7, 11) is 1.70. The molecular formula is C18H18F3N5OS. The molecular weight excluding hydrogens is 391 g/mol. The highest BCUT2D eigenvalue weighted by atomic mass is 32.2. The maximum atomic E-state index is 12.9. The molecule has 148 valence electrons. The molecule has 0 aliphatic carbocycles. The number of aryl methyl sites for hydroxylation is 1. The summed E-state index contributed by atoms with van der Waals surface area (Å²) >= 11 is 1.51. The molecule has 1 N–H and O–H groups in total. The number of pyridine rings is 2. The molecule has 28 heavy (non-hydrogen) atoms. The van der Waals surface area contributed by atoms with Gasteiger partial charge in [-0.3, -0.25) is 4.79 Å². The number of halogens is 3. The summed E-state index contributed by atoms with van der Waals surface area (Å²) in [4.78, 5) is 24.7. The van der Waals surface area contributed by atoms with E-state index >= 15 is 0 Å². The van der Waals surface area contributed by atoms with E-state index in [4.69, 9.17) is 0 Å². The van der Waals surface area contributed by atoms with Gasteiger partial charge in [0.15, 0.2) is 5.82 Å². The lowest BCUT2D eigenvalue weighted by molar-refractivity contribution is -0.141. The minimum absolute atomic E-state index is 0.129. The molecule has 3 heterocycles. The molecule has 0 atom stereocenters. The van der Waals surface area contributed by atoms with Crippen molar-refractivity contribution >= 4 is 34.4 Å². The molecule has 0 radical (unpaired) electrons. The van der Waals surface area contributed by atoms with Gasteiger partial charge in [-0.15, -0.1) is 11.8 Å². The number of carbonyl (C=O) groups excluding carboxylic acids is 1. The summed E-state index contributed by atoms with van der Waals surface area (Å²) < 4.78 is 40.5. The Bertz CT molecular complexity index is 1030. The minimum atomic E-state index is -4.54. The molecule has 0 aliphatic heterocycles. The molecule has 1 amide bonds. The summed E-state index contributed by atoms with van der Waals surface area (Å²) in [5.74, 6) is 1.06. The predicted octanol–water partition coefficient (Wildman–Crippen LogP) is 4.51. The highest BCUT2D eigenvalue weighted by Gasteiger charge is 2.33. The number of imidazole rings is 1. The quantitative estimate of drug-likeness (QED) is 0.628. The lowest BCUT2D eigenvalue weighted by Crippen LogP contribution is -2.10.